The van der Waals surface area contributed by atoms with Crippen LogP contribution < -0.4 is 4.90 Å². The molecule has 2 atom stereocenters. The number of esters is 1. The van der Waals surface area contributed by atoms with E-state index in [1.165, 1.54) is 36.1 Å². The number of ether oxygens (including phenoxy) is 1. The molecule has 0 radical (unpaired) electrons. The second-order valence-corrected chi connectivity index (χ2v) is 6.49. The normalized spacial score (nSPS) is 17.2. The van der Waals surface area contributed by atoms with Crippen molar-refractivity contribution in [3.8, 4) is 0 Å². The Kier molecular flexibility index (Phi) is 5.49. The quantitative estimate of drug-likeness (QED) is 0.329. The number of nitro groups is 1. The Labute approximate surface area is 160 Å². The molecule has 1 aliphatic rings. The fourth-order valence-corrected chi connectivity index (χ4v) is 3.03. The predicted octanol–water partition coefficient (Wildman–Crippen LogP) is 2.76. The van der Waals surface area contributed by atoms with Gasteiger partial charge in [0, 0.05) is 36.3 Å². The molecule has 144 valence electrons. The molecule has 1 aliphatic heterocycles. The largest absolute Gasteiger partial charge is 0.454 e. The third-order valence-electron chi connectivity index (χ3n) is 4.55. The predicted molar refractivity (Wildman–Crippen MR) is 99.9 cm³/mol. The van der Waals surface area contributed by atoms with Crippen LogP contribution in [0.3, 0.4) is 0 Å². The van der Waals surface area contributed by atoms with Crippen molar-refractivity contribution in [3.05, 3.63) is 70.3 Å². The topological polar surface area (TPSA) is 107 Å². The molecule has 2 aromatic carbocycles. The number of carbonyl (C=O) groups excluding carboxylic acids is 3. The summed E-state index contributed by atoms with van der Waals surface area (Å²) in [5.74, 6) is -1.91. The maximum absolute atomic E-state index is 12.4. The van der Waals surface area contributed by atoms with Gasteiger partial charge in [0.1, 0.15) is 0 Å². The molecule has 1 saturated heterocycles. The van der Waals surface area contributed by atoms with Gasteiger partial charge in [0.25, 0.3) is 5.69 Å². The summed E-state index contributed by atoms with van der Waals surface area (Å²) in [6.07, 6.45) is -0.999. The van der Waals surface area contributed by atoms with Gasteiger partial charge < -0.3 is 9.64 Å². The summed E-state index contributed by atoms with van der Waals surface area (Å²) in [6, 6.07) is 14.0. The fraction of sp³-hybridized carbons (Fsp3) is 0.250. The Bertz CT molecular complexity index is 910. The molecule has 8 nitrogen and oxygen atoms in total. The van der Waals surface area contributed by atoms with Gasteiger partial charge in [0.2, 0.25) is 11.7 Å². The molecule has 1 amide bonds. The first-order valence-electron chi connectivity index (χ1n) is 8.71. The van der Waals surface area contributed by atoms with Gasteiger partial charge in [-0.05, 0) is 19.1 Å². The van der Waals surface area contributed by atoms with Crippen molar-refractivity contribution in [2.45, 2.75) is 19.4 Å². The van der Waals surface area contributed by atoms with E-state index in [1.807, 2.05) is 0 Å². The van der Waals surface area contributed by atoms with E-state index in [2.05, 4.69) is 0 Å². The van der Waals surface area contributed by atoms with E-state index in [0.717, 1.165) is 0 Å². The van der Waals surface area contributed by atoms with E-state index in [0.29, 0.717) is 11.3 Å². The summed E-state index contributed by atoms with van der Waals surface area (Å²) >= 11 is 0. The lowest BCUT2D eigenvalue weighted by molar-refractivity contribution is -0.384. The molecule has 8 heteroatoms. The number of non-ortho nitro benzene ring substituents is 1. The van der Waals surface area contributed by atoms with E-state index in [9.17, 15) is 24.5 Å². The number of Topliss-reactive ketones (excluding diaryl/α,β-unsaturated/α-hetero) is 1. The van der Waals surface area contributed by atoms with E-state index >= 15 is 0 Å². The summed E-state index contributed by atoms with van der Waals surface area (Å²) < 4.78 is 5.28. The molecular weight excluding hydrogens is 364 g/mol. The van der Waals surface area contributed by atoms with Crippen LogP contribution in [0, 0.1) is 16.0 Å². The van der Waals surface area contributed by atoms with Crippen molar-refractivity contribution in [2.75, 3.05) is 11.4 Å². The zero-order chi connectivity index (χ0) is 20.3. The van der Waals surface area contributed by atoms with Crippen LogP contribution in [0.2, 0.25) is 0 Å². The minimum Gasteiger partial charge on any atom is -0.454 e. The fourth-order valence-electron chi connectivity index (χ4n) is 3.03. The van der Waals surface area contributed by atoms with Crippen molar-refractivity contribution in [1.29, 1.82) is 0 Å². The van der Waals surface area contributed by atoms with Crippen molar-refractivity contribution >= 4 is 29.0 Å². The Morgan fingerprint density at radius 1 is 1.14 bits per heavy atom. The molecule has 0 unspecified atom stereocenters. The highest BCUT2D eigenvalue weighted by molar-refractivity contribution is 6.02. The molecule has 1 fully saturated rings. The summed E-state index contributed by atoms with van der Waals surface area (Å²) in [5, 5.41) is 10.7. The maximum atomic E-state index is 12.4. The summed E-state index contributed by atoms with van der Waals surface area (Å²) in [7, 11) is 0. The zero-order valence-corrected chi connectivity index (χ0v) is 15.1. The first-order valence-corrected chi connectivity index (χ1v) is 8.71. The lowest BCUT2D eigenvalue weighted by atomic mass is 10.1. The molecule has 0 aromatic heterocycles. The van der Waals surface area contributed by atoms with Gasteiger partial charge in [0.15, 0.2) is 6.10 Å². The molecule has 0 saturated carbocycles. The number of carbonyl (C=O) groups is 3. The van der Waals surface area contributed by atoms with Gasteiger partial charge in [-0.2, -0.15) is 0 Å². The second-order valence-electron chi connectivity index (χ2n) is 6.49. The molecule has 2 aromatic rings. The highest BCUT2D eigenvalue weighted by Crippen LogP contribution is 2.27. The number of nitrogens with zero attached hydrogens (tertiary/aromatic N) is 2. The minimum atomic E-state index is -0.960. The van der Waals surface area contributed by atoms with Gasteiger partial charge in [-0.3, -0.25) is 24.5 Å². The van der Waals surface area contributed by atoms with Gasteiger partial charge in [-0.15, -0.1) is 0 Å². The van der Waals surface area contributed by atoms with Gasteiger partial charge in [0.05, 0.1) is 10.8 Å². The lowest BCUT2D eigenvalue weighted by Crippen LogP contribution is -2.30. The molecule has 0 aliphatic carbocycles. The molecule has 28 heavy (non-hydrogen) atoms. The molecule has 0 N–H and O–H groups in total. The minimum absolute atomic E-state index is 0.0396. The maximum Gasteiger partial charge on any atom is 0.312 e. The number of anilines is 1. The third kappa shape index (κ3) is 4.06. The Morgan fingerprint density at radius 2 is 1.79 bits per heavy atom. The van der Waals surface area contributed by atoms with Crippen LogP contribution in [0.25, 0.3) is 0 Å². The molecule has 3 rings (SSSR count). The summed E-state index contributed by atoms with van der Waals surface area (Å²) in [5.41, 5.74) is 0.830. The average molecular weight is 382 g/mol. The number of ketones is 1. The Hall–Kier alpha value is -3.55. The second kappa shape index (κ2) is 7.99. The van der Waals surface area contributed by atoms with Crippen molar-refractivity contribution in [3.63, 3.8) is 0 Å². The summed E-state index contributed by atoms with van der Waals surface area (Å²) in [4.78, 5) is 48.6. The zero-order valence-electron chi connectivity index (χ0n) is 15.1. The van der Waals surface area contributed by atoms with Crippen LogP contribution in [0.1, 0.15) is 23.7 Å². The molecule has 0 spiro atoms. The van der Waals surface area contributed by atoms with Crippen LogP contribution in [0.5, 0.6) is 0 Å². The average Bonchev–Trinajstić information content (AvgIpc) is 3.10. The number of amides is 1. The van der Waals surface area contributed by atoms with Crippen LogP contribution in [-0.2, 0) is 14.3 Å². The first kappa shape index (κ1) is 19.2. The van der Waals surface area contributed by atoms with Crippen LogP contribution in [0.15, 0.2) is 54.6 Å². The highest BCUT2D eigenvalue weighted by atomic mass is 16.6. The number of nitro benzene ring substituents is 1. The van der Waals surface area contributed by atoms with Crippen LogP contribution in [-0.4, -0.2) is 35.2 Å². The van der Waals surface area contributed by atoms with Crippen molar-refractivity contribution in [2.24, 2.45) is 5.92 Å². The Morgan fingerprint density at radius 3 is 2.39 bits per heavy atom. The SMILES string of the molecule is C[C@@H](OC(=O)[C@H]1CC(=O)N(c2ccc([N+](=O)[O-])cc2)C1)C(=O)c1ccccc1. The van der Waals surface area contributed by atoms with E-state index in [4.69, 9.17) is 4.74 Å². The molecule has 1 heterocycles. The van der Waals surface area contributed by atoms with Crippen molar-refractivity contribution < 1.29 is 24.0 Å². The monoisotopic (exact) mass is 382 g/mol. The van der Waals surface area contributed by atoms with Gasteiger partial charge in [-0.25, -0.2) is 0 Å². The highest BCUT2D eigenvalue weighted by Gasteiger charge is 2.37. The van der Waals surface area contributed by atoms with Crippen molar-refractivity contribution in [1.82, 2.24) is 0 Å². The smallest absolute Gasteiger partial charge is 0.312 e. The van der Waals surface area contributed by atoms with Crippen LogP contribution >= 0.6 is 0 Å². The number of benzene rings is 2. The van der Waals surface area contributed by atoms with Gasteiger partial charge in [-0.1, -0.05) is 30.3 Å². The third-order valence-corrected chi connectivity index (χ3v) is 4.55. The number of hydrogen-bond acceptors (Lipinski definition) is 6. The molecular formula is C20H18N2O6. The standard InChI is InChI=1S/C20H18N2O6/c1-13(19(24)14-5-3-2-4-6-14)28-20(25)15-11-18(23)21(12-15)16-7-9-17(10-8-16)22(26)27/h2-10,13,15H,11-12H2,1H3/t13-,15+/m1/s1. The van der Waals surface area contributed by atoms with E-state index < -0.39 is 22.9 Å². The van der Waals surface area contributed by atoms with Crippen LogP contribution in [0.4, 0.5) is 11.4 Å². The molecule has 0 bridgehead atoms. The number of hydrogen-bond donors (Lipinski definition) is 0. The van der Waals surface area contributed by atoms with E-state index in [1.54, 1.807) is 30.3 Å². The van der Waals surface area contributed by atoms with Gasteiger partial charge >= 0.3 is 5.97 Å². The number of rotatable bonds is 6. The summed E-state index contributed by atoms with van der Waals surface area (Å²) in [6.45, 7) is 1.60. The first-order chi connectivity index (χ1) is 13.4. The lowest BCUT2D eigenvalue weighted by Gasteiger charge is -2.17. The Balaban J connectivity index is 1.63. The van der Waals surface area contributed by atoms with E-state index in [-0.39, 0.29) is 30.3 Å².